The largest absolute Gasteiger partial charge is 0.259 e. The first-order valence-electron chi connectivity index (χ1n) is 5.04. The van der Waals surface area contributed by atoms with Crippen molar-refractivity contribution in [1.29, 1.82) is 0 Å². The van der Waals surface area contributed by atoms with Gasteiger partial charge in [-0.15, -0.1) is 0 Å². The minimum absolute atomic E-state index is 0.721. The second-order valence-electron chi connectivity index (χ2n) is 3.89. The summed E-state index contributed by atoms with van der Waals surface area (Å²) in [6.45, 7) is 10.1. The van der Waals surface area contributed by atoms with Crippen molar-refractivity contribution in [1.82, 2.24) is 0 Å². The smallest absolute Gasteiger partial charge is 0.0436 e. The Hall–Kier alpha value is -0.850. The molecule has 1 aliphatic rings. The van der Waals surface area contributed by atoms with E-state index in [2.05, 4.69) is 31.5 Å². The van der Waals surface area contributed by atoms with E-state index in [0.29, 0.717) is 0 Å². The Balaban J connectivity index is 2.73. The Kier molecular flexibility index (Phi) is 3.47. The summed E-state index contributed by atoms with van der Waals surface area (Å²) in [6.07, 6.45) is 5.95. The van der Waals surface area contributed by atoms with Gasteiger partial charge >= 0.3 is 0 Å². The van der Waals surface area contributed by atoms with Crippen molar-refractivity contribution >= 4 is 5.71 Å². The molecule has 13 heavy (non-hydrogen) atoms. The zero-order chi connectivity index (χ0) is 9.84. The van der Waals surface area contributed by atoms with Crippen LogP contribution in [0.3, 0.4) is 0 Å². The van der Waals surface area contributed by atoms with Crippen molar-refractivity contribution in [2.75, 3.05) is 0 Å². The van der Waals surface area contributed by atoms with Gasteiger partial charge in [-0.25, -0.2) is 0 Å². The van der Waals surface area contributed by atoms with Gasteiger partial charge in [0.1, 0.15) is 0 Å². The molecule has 1 saturated carbocycles. The van der Waals surface area contributed by atoms with E-state index in [4.69, 9.17) is 0 Å². The topological polar surface area (TPSA) is 12.4 Å². The van der Waals surface area contributed by atoms with E-state index in [9.17, 15) is 0 Å². The second-order valence-corrected chi connectivity index (χ2v) is 3.89. The van der Waals surface area contributed by atoms with Crippen LogP contribution < -0.4 is 0 Å². The molecule has 0 bridgehead atoms. The van der Waals surface area contributed by atoms with Crippen molar-refractivity contribution in [3.05, 3.63) is 23.9 Å². The van der Waals surface area contributed by atoms with Crippen LogP contribution in [0.15, 0.2) is 28.9 Å². The van der Waals surface area contributed by atoms with E-state index in [1.807, 2.05) is 6.92 Å². The molecule has 0 aromatic carbocycles. The number of hydrogen-bond acceptors (Lipinski definition) is 1. The van der Waals surface area contributed by atoms with Crippen molar-refractivity contribution in [2.24, 2.45) is 10.9 Å². The maximum absolute atomic E-state index is 4.47. The van der Waals surface area contributed by atoms with Gasteiger partial charge in [0, 0.05) is 17.3 Å². The van der Waals surface area contributed by atoms with Crippen LogP contribution in [0.5, 0.6) is 0 Å². The molecule has 72 valence electrons. The third-order valence-corrected chi connectivity index (χ3v) is 2.27. The lowest BCUT2D eigenvalue weighted by Crippen LogP contribution is -1.97. The van der Waals surface area contributed by atoms with Crippen LogP contribution in [0.1, 0.15) is 40.0 Å². The first-order chi connectivity index (χ1) is 6.13. The summed E-state index contributed by atoms with van der Waals surface area (Å²) in [7, 11) is 0. The minimum Gasteiger partial charge on any atom is -0.259 e. The fourth-order valence-corrected chi connectivity index (χ4v) is 1.20. The molecule has 0 aromatic heterocycles. The summed E-state index contributed by atoms with van der Waals surface area (Å²) in [5.74, 6) is 0.721. The van der Waals surface area contributed by atoms with E-state index in [0.717, 1.165) is 18.0 Å². The highest BCUT2D eigenvalue weighted by Crippen LogP contribution is 2.32. The number of hydrogen-bond donors (Lipinski definition) is 0. The summed E-state index contributed by atoms with van der Waals surface area (Å²) in [4.78, 5) is 4.47. The highest BCUT2D eigenvalue weighted by Gasteiger charge is 2.25. The van der Waals surface area contributed by atoms with Gasteiger partial charge in [0.25, 0.3) is 0 Å². The van der Waals surface area contributed by atoms with E-state index in [-0.39, 0.29) is 0 Å². The lowest BCUT2D eigenvalue weighted by atomic mass is 10.1. The third-order valence-electron chi connectivity index (χ3n) is 2.27. The van der Waals surface area contributed by atoms with Crippen LogP contribution >= 0.6 is 0 Å². The molecule has 1 nitrogen and oxygen atoms in total. The molecule has 1 aliphatic carbocycles. The van der Waals surface area contributed by atoms with E-state index in [1.165, 1.54) is 24.1 Å². The summed E-state index contributed by atoms with van der Waals surface area (Å²) in [5.41, 5.74) is 3.57. The molecule has 0 heterocycles. The molecule has 1 fully saturated rings. The number of rotatable bonds is 4. The van der Waals surface area contributed by atoms with Crippen LogP contribution in [-0.2, 0) is 0 Å². The van der Waals surface area contributed by atoms with Gasteiger partial charge in [-0.05, 0) is 39.2 Å². The summed E-state index contributed by atoms with van der Waals surface area (Å²) >= 11 is 0. The Morgan fingerprint density at radius 3 is 2.46 bits per heavy atom. The zero-order valence-corrected chi connectivity index (χ0v) is 8.93. The number of allylic oxidation sites excluding steroid dienone is 3. The van der Waals surface area contributed by atoms with Gasteiger partial charge in [-0.3, -0.25) is 4.99 Å². The van der Waals surface area contributed by atoms with E-state index in [1.54, 1.807) is 0 Å². The van der Waals surface area contributed by atoms with Gasteiger partial charge in [0.15, 0.2) is 0 Å². The zero-order valence-electron chi connectivity index (χ0n) is 8.93. The van der Waals surface area contributed by atoms with Crippen LogP contribution in [-0.4, -0.2) is 5.71 Å². The minimum atomic E-state index is 0.721. The molecule has 0 aromatic rings. The van der Waals surface area contributed by atoms with Gasteiger partial charge in [-0.2, -0.15) is 0 Å². The van der Waals surface area contributed by atoms with Crippen molar-refractivity contribution < 1.29 is 0 Å². The monoisotopic (exact) mass is 177 g/mol. The van der Waals surface area contributed by atoms with Gasteiger partial charge in [-0.1, -0.05) is 19.1 Å². The molecular formula is C12H19N. The second kappa shape index (κ2) is 4.40. The normalized spacial score (nSPS) is 19.0. The molecule has 1 heteroatoms. The van der Waals surface area contributed by atoms with Crippen LogP contribution in [0.25, 0.3) is 0 Å². The number of aliphatic imine (C=N–C) groups is 1. The van der Waals surface area contributed by atoms with E-state index < -0.39 is 0 Å². The van der Waals surface area contributed by atoms with Crippen molar-refractivity contribution in [3.8, 4) is 0 Å². The molecule has 0 unspecified atom stereocenters. The highest BCUT2D eigenvalue weighted by molar-refractivity contribution is 5.99. The van der Waals surface area contributed by atoms with Crippen LogP contribution in [0, 0.1) is 5.92 Å². The molecular weight excluding hydrogens is 158 g/mol. The number of nitrogens with zero attached hydrogens (tertiary/aromatic N) is 1. The molecule has 0 amide bonds. The lowest BCUT2D eigenvalue weighted by molar-refractivity contribution is 1.09. The summed E-state index contributed by atoms with van der Waals surface area (Å²) in [5, 5.41) is 0. The first kappa shape index (κ1) is 10.2. The summed E-state index contributed by atoms with van der Waals surface area (Å²) < 4.78 is 0. The maximum atomic E-state index is 4.47. The fraction of sp³-hybridized carbons (Fsp3) is 0.583. The predicted octanol–water partition coefficient (Wildman–Crippen LogP) is 3.73. The van der Waals surface area contributed by atoms with Crippen LogP contribution in [0.4, 0.5) is 0 Å². The van der Waals surface area contributed by atoms with Gasteiger partial charge in [0.05, 0.1) is 0 Å². The van der Waals surface area contributed by atoms with Gasteiger partial charge < -0.3 is 0 Å². The molecule has 0 N–H and O–H groups in total. The molecule has 0 spiro atoms. The molecule has 0 atom stereocenters. The Morgan fingerprint density at radius 1 is 1.46 bits per heavy atom. The standard InChI is InChI=1S/C12H19N/c1-5-10(4)8-12(11-6-7-11)13-9(2)3/h8,11H,2,5-7H2,1,3-4H3/b10-8+,13-12?. The molecule has 0 saturated heterocycles. The molecule has 0 radical (unpaired) electrons. The average molecular weight is 177 g/mol. The quantitative estimate of drug-likeness (QED) is 0.580. The van der Waals surface area contributed by atoms with E-state index >= 15 is 0 Å². The van der Waals surface area contributed by atoms with Crippen molar-refractivity contribution in [3.63, 3.8) is 0 Å². The fourth-order valence-electron chi connectivity index (χ4n) is 1.20. The molecule has 1 rings (SSSR count). The lowest BCUT2D eigenvalue weighted by Gasteiger charge is -2.00. The Morgan fingerprint density at radius 2 is 2.08 bits per heavy atom. The maximum Gasteiger partial charge on any atom is 0.0436 e. The van der Waals surface area contributed by atoms with Crippen molar-refractivity contribution in [2.45, 2.75) is 40.0 Å². The summed E-state index contributed by atoms with van der Waals surface area (Å²) in [6, 6.07) is 0. The Bertz CT molecular complexity index is 254. The Labute approximate surface area is 81.3 Å². The first-order valence-corrected chi connectivity index (χ1v) is 5.04. The SMILES string of the molecule is C=C(C)N=C(/C=C(\C)CC)C1CC1. The van der Waals surface area contributed by atoms with Crippen LogP contribution in [0.2, 0.25) is 0 Å². The average Bonchev–Trinajstić information content (AvgIpc) is 2.84. The highest BCUT2D eigenvalue weighted by atomic mass is 14.8. The predicted molar refractivity (Wildman–Crippen MR) is 59.0 cm³/mol. The third kappa shape index (κ3) is 3.58. The molecule has 0 aliphatic heterocycles. The van der Waals surface area contributed by atoms with Gasteiger partial charge in [0.2, 0.25) is 0 Å².